The fourth-order valence-electron chi connectivity index (χ4n) is 6.24. The highest BCUT2D eigenvalue weighted by atomic mass is 19.4. The van der Waals surface area contributed by atoms with E-state index in [4.69, 9.17) is 0 Å². The zero-order chi connectivity index (χ0) is 27.6. The highest BCUT2D eigenvalue weighted by Gasteiger charge is 2.43. The molecule has 1 heterocycles. The summed E-state index contributed by atoms with van der Waals surface area (Å²) in [5, 5.41) is 3.21. The lowest BCUT2D eigenvalue weighted by Crippen LogP contribution is -2.39. The molecule has 0 aromatic heterocycles. The summed E-state index contributed by atoms with van der Waals surface area (Å²) < 4.78 is 66.3. The van der Waals surface area contributed by atoms with Crippen LogP contribution in [0.2, 0.25) is 0 Å². The number of rotatable bonds is 8. The first-order valence-corrected chi connectivity index (χ1v) is 13.3. The van der Waals surface area contributed by atoms with E-state index in [1.807, 2.05) is 0 Å². The van der Waals surface area contributed by atoms with Gasteiger partial charge in [0, 0.05) is 38.0 Å². The molecule has 206 valence electrons. The first-order chi connectivity index (χ1) is 18.7. The van der Waals surface area contributed by atoms with Gasteiger partial charge < -0.3 is 5.32 Å². The number of likely N-dealkylation sites (tertiary alicyclic amines) is 1. The second-order valence-corrected chi connectivity index (χ2v) is 10.8. The van der Waals surface area contributed by atoms with Gasteiger partial charge in [-0.2, -0.15) is 13.2 Å². The third kappa shape index (κ3) is 6.67. The van der Waals surface area contributed by atoms with Gasteiger partial charge in [0.2, 0.25) is 5.91 Å². The van der Waals surface area contributed by atoms with Crippen molar-refractivity contribution in [2.75, 3.05) is 13.1 Å². The topological polar surface area (TPSA) is 32.3 Å². The lowest BCUT2D eigenvalue weighted by atomic mass is 9.87. The highest BCUT2D eigenvalue weighted by molar-refractivity contribution is 5.76. The maximum atomic E-state index is 13.5. The van der Waals surface area contributed by atoms with Crippen LogP contribution < -0.4 is 5.32 Å². The van der Waals surface area contributed by atoms with Crippen LogP contribution in [0.4, 0.5) is 22.0 Å². The van der Waals surface area contributed by atoms with Crippen molar-refractivity contribution in [2.45, 2.75) is 50.4 Å². The largest absolute Gasteiger partial charge is 0.416 e. The second kappa shape index (κ2) is 11.5. The summed E-state index contributed by atoms with van der Waals surface area (Å²) in [6, 6.07) is 17.8. The number of hydrogen-bond acceptors (Lipinski definition) is 2. The Morgan fingerprint density at radius 1 is 0.897 bits per heavy atom. The van der Waals surface area contributed by atoms with E-state index in [0.29, 0.717) is 24.4 Å². The molecule has 0 spiro atoms. The molecular formula is C31H31F5N2O. The van der Waals surface area contributed by atoms with Crippen LogP contribution in [0.5, 0.6) is 0 Å². The molecule has 1 N–H and O–H groups in total. The summed E-state index contributed by atoms with van der Waals surface area (Å²) >= 11 is 0. The van der Waals surface area contributed by atoms with E-state index in [1.54, 1.807) is 30.3 Å². The van der Waals surface area contributed by atoms with Gasteiger partial charge in [-0.25, -0.2) is 8.78 Å². The van der Waals surface area contributed by atoms with Gasteiger partial charge in [0.15, 0.2) is 0 Å². The van der Waals surface area contributed by atoms with Gasteiger partial charge in [0.1, 0.15) is 11.6 Å². The number of alkyl halides is 3. The minimum atomic E-state index is -4.36. The molecule has 0 bridgehead atoms. The second-order valence-electron chi connectivity index (χ2n) is 10.8. The number of benzene rings is 3. The smallest absolute Gasteiger partial charge is 0.353 e. The Labute approximate surface area is 225 Å². The summed E-state index contributed by atoms with van der Waals surface area (Å²) in [6.45, 7) is 2.00. The Balaban J connectivity index is 1.18. The normalized spacial score (nSPS) is 21.3. The van der Waals surface area contributed by atoms with Crippen molar-refractivity contribution in [2.24, 2.45) is 11.8 Å². The Morgan fingerprint density at radius 2 is 1.54 bits per heavy atom. The maximum absolute atomic E-state index is 13.5. The van der Waals surface area contributed by atoms with Gasteiger partial charge in [-0.3, -0.25) is 9.69 Å². The molecular weight excluding hydrogens is 511 g/mol. The number of nitrogens with one attached hydrogen (secondary N) is 1. The van der Waals surface area contributed by atoms with E-state index in [1.165, 1.54) is 36.4 Å². The van der Waals surface area contributed by atoms with Gasteiger partial charge in [-0.1, -0.05) is 42.5 Å². The zero-order valence-corrected chi connectivity index (χ0v) is 21.4. The fourth-order valence-corrected chi connectivity index (χ4v) is 6.24. The number of nitrogens with zero attached hydrogens (tertiary/aromatic N) is 1. The van der Waals surface area contributed by atoms with E-state index in [-0.39, 0.29) is 41.8 Å². The Morgan fingerprint density at radius 3 is 2.15 bits per heavy atom. The monoisotopic (exact) mass is 542 g/mol. The van der Waals surface area contributed by atoms with Crippen LogP contribution >= 0.6 is 0 Å². The molecule has 3 aromatic rings. The molecule has 3 atom stereocenters. The molecule has 3 aromatic carbocycles. The summed E-state index contributed by atoms with van der Waals surface area (Å²) in [7, 11) is 0. The van der Waals surface area contributed by atoms with Crippen LogP contribution in [0.3, 0.4) is 0 Å². The van der Waals surface area contributed by atoms with Crippen molar-refractivity contribution in [1.82, 2.24) is 10.2 Å². The van der Waals surface area contributed by atoms with Crippen molar-refractivity contribution in [1.29, 1.82) is 0 Å². The SMILES string of the molecule is O=C(CCC(c1ccc(F)cc1)c1ccc(F)cc1)N[C@@H]1CC[C@@H]2CN(Cc3cccc(C(F)(F)F)c3)C[C@H]21. The summed E-state index contributed by atoms with van der Waals surface area (Å²) in [6.07, 6.45) is -1.74. The van der Waals surface area contributed by atoms with E-state index in [0.717, 1.165) is 43.1 Å². The van der Waals surface area contributed by atoms with E-state index in [9.17, 15) is 26.7 Å². The third-order valence-electron chi connectivity index (χ3n) is 8.14. The van der Waals surface area contributed by atoms with Crippen molar-refractivity contribution in [3.05, 3.63) is 107 Å². The third-order valence-corrected chi connectivity index (χ3v) is 8.14. The van der Waals surface area contributed by atoms with Crippen LogP contribution in [0.25, 0.3) is 0 Å². The van der Waals surface area contributed by atoms with Gasteiger partial charge in [-0.15, -0.1) is 0 Å². The van der Waals surface area contributed by atoms with Gasteiger partial charge >= 0.3 is 6.18 Å². The standard InChI is InChI=1S/C31H31F5N2O/c32-25-9-4-21(5-10-25)27(22-6-11-26(33)12-7-22)13-15-30(39)37-29-14-8-23-18-38(19-28(23)29)17-20-2-1-3-24(16-20)31(34,35)36/h1-7,9-12,16,23,27-29H,8,13-15,17-19H2,(H,37,39)/t23-,28-,29-/m1/s1. The van der Waals surface area contributed by atoms with Gasteiger partial charge in [-0.05, 0) is 78.1 Å². The average molecular weight is 543 g/mol. The molecule has 2 fully saturated rings. The summed E-state index contributed by atoms with van der Waals surface area (Å²) in [4.78, 5) is 15.2. The van der Waals surface area contributed by atoms with Gasteiger partial charge in [0.05, 0.1) is 5.56 Å². The lowest BCUT2D eigenvalue weighted by Gasteiger charge is -2.23. The minimum Gasteiger partial charge on any atom is -0.353 e. The van der Waals surface area contributed by atoms with Crippen LogP contribution in [-0.2, 0) is 17.5 Å². The van der Waals surface area contributed by atoms with Crippen LogP contribution in [-0.4, -0.2) is 29.9 Å². The maximum Gasteiger partial charge on any atom is 0.416 e. The number of carbonyl (C=O) groups excluding carboxylic acids is 1. The van der Waals surface area contributed by atoms with E-state index >= 15 is 0 Å². The molecule has 1 aliphatic heterocycles. The molecule has 3 nitrogen and oxygen atoms in total. The Hall–Kier alpha value is -3.26. The molecule has 0 unspecified atom stereocenters. The molecule has 0 radical (unpaired) electrons. The molecule has 8 heteroatoms. The minimum absolute atomic E-state index is 0.0316. The number of hydrogen-bond donors (Lipinski definition) is 1. The molecule has 1 saturated carbocycles. The lowest BCUT2D eigenvalue weighted by molar-refractivity contribution is -0.137. The Kier molecular flexibility index (Phi) is 8.03. The number of fused-ring (bicyclic) bond motifs is 1. The van der Waals surface area contributed by atoms with E-state index in [2.05, 4.69) is 10.2 Å². The van der Waals surface area contributed by atoms with Crippen LogP contribution in [0, 0.1) is 23.5 Å². The molecule has 1 aliphatic carbocycles. The van der Waals surface area contributed by atoms with Crippen LogP contribution in [0.1, 0.15) is 53.9 Å². The van der Waals surface area contributed by atoms with Crippen molar-refractivity contribution in [3.63, 3.8) is 0 Å². The molecule has 1 saturated heterocycles. The number of carbonyl (C=O) groups is 1. The Bertz CT molecular complexity index is 1230. The van der Waals surface area contributed by atoms with Crippen molar-refractivity contribution < 1.29 is 26.7 Å². The predicted molar refractivity (Wildman–Crippen MR) is 139 cm³/mol. The first-order valence-electron chi connectivity index (χ1n) is 13.3. The molecule has 5 rings (SSSR count). The van der Waals surface area contributed by atoms with E-state index < -0.39 is 11.7 Å². The number of halogens is 5. The molecule has 1 amide bonds. The molecule has 39 heavy (non-hydrogen) atoms. The number of amides is 1. The first kappa shape index (κ1) is 27.3. The van der Waals surface area contributed by atoms with Crippen molar-refractivity contribution >= 4 is 5.91 Å². The van der Waals surface area contributed by atoms with Crippen LogP contribution in [0.15, 0.2) is 72.8 Å². The summed E-state index contributed by atoms with van der Waals surface area (Å²) in [5.74, 6) is -0.251. The van der Waals surface area contributed by atoms with Crippen molar-refractivity contribution in [3.8, 4) is 0 Å². The highest BCUT2D eigenvalue weighted by Crippen LogP contribution is 2.39. The quantitative estimate of drug-likeness (QED) is 0.314. The zero-order valence-electron chi connectivity index (χ0n) is 21.4. The van der Waals surface area contributed by atoms with Gasteiger partial charge in [0.25, 0.3) is 0 Å². The summed E-state index contributed by atoms with van der Waals surface area (Å²) in [5.41, 5.74) is 1.72. The predicted octanol–water partition coefficient (Wildman–Crippen LogP) is 6.92. The fraction of sp³-hybridized carbons (Fsp3) is 0.387. The molecule has 2 aliphatic rings. The average Bonchev–Trinajstić information content (AvgIpc) is 3.46.